The van der Waals surface area contributed by atoms with Crippen LogP contribution in [0.2, 0.25) is 0 Å². The van der Waals surface area contributed by atoms with E-state index in [1.54, 1.807) is 13.8 Å². The zero-order chi connectivity index (χ0) is 30.7. The smallest absolute Gasteiger partial charge is 0.238 e. The maximum absolute atomic E-state index is 15.0. The molecule has 6 heteroatoms. The third-order valence-corrected chi connectivity index (χ3v) is 9.47. The van der Waals surface area contributed by atoms with Crippen molar-refractivity contribution in [3.63, 3.8) is 0 Å². The van der Waals surface area contributed by atoms with Gasteiger partial charge in [0.1, 0.15) is 16.6 Å². The summed E-state index contributed by atoms with van der Waals surface area (Å²) in [6, 6.07) is 35.0. The number of primary amides is 1. The van der Waals surface area contributed by atoms with Crippen molar-refractivity contribution in [2.75, 3.05) is 0 Å². The number of carbonyl (C=O) groups is 2. The van der Waals surface area contributed by atoms with Crippen LogP contribution in [-0.2, 0) is 20.8 Å². The number of hydrogen-bond acceptors (Lipinski definition) is 4. The first-order valence-corrected chi connectivity index (χ1v) is 15.0. The number of amides is 2. The molecule has 4 N–H and O–H groups in total. The Hall–Kier alpha value is -4.26. The summed E-state index contributed by atoms with van der Waals surface area (Å²) in [4.78, 5) is 29.7. The fourth-order valence-corrected chi connectivity index (χ4v) is 6.95. The minimum atomic E-state index is -1.70. The van der Waals surface area contributed by atoms with Crippen LogP contribution in [0.25, 0.3) is 0 Å². The molecule has 2 unspecified atom stereocenters. The predicted molar refractivity (Wildman–Crippen MR) is 168 cm³/mol. The number of nitrogens with zero attached hydrogens (tertiary/aromatic N) is 1. The summed E-state index contributed by atoms with van der Waals surface area (Å²) in [7, 11) is 0. The Labute approximate surface area is 253 Å². The molecule has 1 saturated carbocycles. The second kappa shape index (κ2) is 12.2. The molecule has 2 amide bonds. The van der Waals surface area contributed by atoms with Crippen LogP contribution < -0.4 is 5.73 Å². The van der Waals surface area contributed by atoms with E-state index in [0.717, 1.165) is 0 Å². The second-order valence-corrected chi connectivity index (χ2v) is 11.7. The molecule has 0 bridgehead atoms. The molecule has 43 heavy (non-hydrogen) atoms. The van der Waals surface area contributed by atoms with Crippen molar-refractivity contribution in [2.24, 2.45) is 11.1 Å². The molecule has 222 valence electrons. The van der Waals surface area contributed by atoms with Crippen LogP contribution in [0, 0.1) is 5.41 Å². The van der Waals surface area contributed by atoms with E-state index in [0.29, 0.717) is 47.9 Å². The Morgan fingerprint density at radius 3 is 1.16 bits per heavy atom. The lowest BCUT2D eigenvalue weighted by atomic mass is 9.74. The van der Waals surface area contributed by atoms with E-state index < -0.39 is 40.5 Å². The number of nitrogens with two attached hydrogens (primary N) is 1. The van der Waals surface area contributed by atoms with Crippen molar-refractivity contribution in [1.82, 2.24) is 4.90 Å². The van der Waals surface area contributed by atoms with Gasteiger partial charge >= 0.3 is 0 Å². The summed E-state index contributed by atoms with van der Waals surface area (Å²) in [6.07, 6.45) is 2.02. The molecular weight excluding hydrogens is 536 g/mol. The van der Waals surface area contributed by atoms with Crippen LogP contribution in [0.4, 0.5) is 0 Å². The molecule has 6 nitrogen and oxygen atoms in total. The van der Waals surface area contributed by atoms with Crippen LogP contribution in [-0.4, -0.2) is 39.0 Å². The highest BCUT2D eigenvalue weighted by Crippen LogP contribution is 2.46. The van der Waals surface area contributed by atoms with Gasteiger partial charge in [0.25, 0.3) is 0 Å². The fraction of sp³-hybridized carbons (Fsp3) is 0.297. The molecule has 0 aromatic heterocycles. The quantitative estimate of drug-likeness (QED) is 0.217. The first-order chi connectivity index (χ1) is 20.7. The summed E-state index contributed by atoms with van der Waals surface area (Å²) in [6.45, 7) is 3.57. The van der Waals surface area contributed by atoms with Crippen molar-refractivity contribution < 1.29 is 19.8 Å². The normalized spacial score (nSPS) is 16.3. The summed E-state index contributed by atoms with van der Waals surface area (Å²) in [5.74, 6) is -1.15. The van der Waals surface area contributed by atoms with Crippen LogP contribution >= 0.6 is 0 Å². The molecule has 0 radical (unpaired) electrons. The van der Waals surface area contributed by atoms with E-state index in [2.05, 4.69) is 0 Å². The van der Waals surface area contributed by atoms with Gasteiger partial charge in [-0.1, -0.05) is 134 Å². The molecule has 4 aromatic rings. The summed E-state index contributed by atoms with van der Waals surface area (Å²) in [5, 5.41) is 25.7. The van der Waals surface area contributed by atoms with Gasteiger partial charge in [0, 0.05) is 0 Å². The van der Waals surface area contributed by atoms with Crippen LogP contribution in [0.3, 0.4) is 0 Å². The Kier molecular flexibility index (Phi) is 8.54. The lowest BCUT2D eigenvalue weighted by Crippen LogP contribution is -2.64. The molecule has 1 aliphatic rings. The van der Waals surface area contributed by atoms with E-state index in [4.69, 9.17) is 5.73 Å². The van der Waals surface area contributed by atoms with Crippen LogP contribution in [0.1, 0.15) is 61.8 Å². The molecule has 1 aliphatic carbocycles. The van der Waals surface area contributed by atoms with E-state index in [-0.39, 0.29) is 0 Å². The van der Waals surface area contributed by atoms with Gasteiger partial charge in [0.05, 0.1) is 12.1 Å². The van der Waals surface area contributed by atoms with E-state index in [9.17, 15) is 15.0 Å². The summed E-state index contributed by atoms with van der Waals surface area (Å²) in [5.41, 5.74) is 3.53. The van der Waals surface area contributed by atoms with Crippen molar-refractivity contribution in [2.45, 2.75) is 62.8 Å². The molecule has 0 aliphatic heterocycles. The number of rotatable bonds is 10. The molecule has 4 aromatic carbocycles. The molecule has 0 spiro atoms. The highest BCUT2D eigenvalue weighted by atomic mass is 16.3. The number of aliphatic hydroxyl groups is 2. The standard InChI is InChI=1S/C37H40N2O4/c1-27(36(42,29-17-7-3-8-18-29)30-19-9-4-10-20-30)39(34(41)35(33(38)40)25-15-16-26-35)28(2)37(43,31-21-11-5-12-22-31)32-23-13-6-14-24-32/h3-14,17-24,27-28,42-43H,15-16,25-26H2,1-2H3,(H2,38,40). The van der Waals surface area contributed by atoms with Crippen LogP contribution in [0.15, 0.2) is 121 Å². The van der Waals surface area contributed by atoms with Crippen LogP contribution in [0.5, 0.6) is 0 Å². The molecule has 0 saturated heterocycles. The molecule has 0 heterocycles. The van der Waals surface area contributed by atoms with E-state index in [1.165, 1.54) is 4.90 Å². The monoisotopic (exact) mass is 576 g/mol. The molecule has 5 rings (SSSR count). The Morgan fingerprint density at radius 1 is 0.628 bits per heavy atom. The van der Waals surface area contributed by atoms with Gasteiger partial charge in [-0.05, 0) is 48.9 Å². The SMILES string of the molecule is CC(N(C(=O)C1(C(N)=O)CCCC1)C(C)C(O)(c1ccccc1)c1ccccc1)C(O)(c1ccccc1)c1ccccc1. The Balaban J connectivity index is 1.77. The lowest BCUT2D eigenvalue weighted by molar-refractivity contribution is -0.164. The fourth-order valence-electron chi connectivity index (χ4n) is 6.95. The second-order valence-electron chi connectivity index (χ2n) is 11.7. The minimum Gasteiger partial charge on any atom is -0.378 e. The van der Waals surface area contributed by atoms with Gasteiger partial charge in [0.15, 0.2) is 0 Å². The third kappa shape index (κ3) is 5.15. The average molecular weight is 577 g/mol. The maximum Gasteiger partial charge on any atom is 0.238 e. The van der Waals surface area contributed by atoms with Crippen molar-refractivity contribution in [1.29, 1.82) is 0 Å². The van der Waals surface area contributed by atoms with Crippen molar-refractivity contribution >= 4 is 11.8 Å². The Bertz CT molecular complexity index is 1350. The topological polar surface area (TPSA) is 104 Å². The Morgan fingerprint density at radius 2 is 0.907 bits per heavy atom. The van der Waals surface area contributed by atoms with Gasteiger partial charge in [0.2, 0.25) is 11.8 Å². The highest BCUT2D eigenvalue weighted by Gasteiger charge is 2.56. The average Bonchev–Trinajstić information content (AvgIpc) is 3.57. The van der Waals surface area contributed by atoms with Crippen molar-refractivity contribution in [3.05, 3.63) is 144 Å². The summed E-state index contributed by atoms with van der Waals surface area (Å²) >= 11 is 0. The van der Waals surface area contributed by atoms with Gasteiger partial charge in [-0.3, -0.25) is 9.59 Å². The summed E-state index contributed by atoms with van der Waals surface area (Å²) < 4.78 is 0. The van der Waals surface area contributed by atoms with E-state index in [1.807, 2.05) is 121 Å². The van der Waals surface area contributed by atoms with Gasteiger partial charge in [-0.2, -0.15) is 0 Å². The zero-order valence-corrected chi connectivity index (χ0v) is 24.8. The van der Waals surface area contributed by atoms with Gasteiger partial charge in [-0.15, -0.1) is 0 Å². The molecular formula is C37H40N2O4. The minimum absolute atomic E-state index is 0.321. The first kappa shape index (κ1) is 30.2. The van der Waals surface area contributed by atoms with Gasteiger partial charge < -0.3 is 20.8 Å². The molecule has 2 atom stereocenters. The highest BCUT2D eigenvalue weighted by molar-refractivity contribution is 6.05. The van der Waals surface area contributed by atoms with Gasteiger partial charge in [-0.25, -0.2) is 0 Å². The third-order valence-electron chi connectivity index (χ3n) is 9.47. The number of benzene rings is 4. The van der Waals surface area contributed by atoms with E-state index >= 15 is 4.79 Å². The molecule has 1 fully saturated rings. The predicted octanol–water partition coefficient (Wildman–Crippen LogP) is 5.51. The maximum atomic E-state index is 15.0. The number of carbonyl (C=O) groups excluding carboxylic acids is 2. The van der Waals surface area contributed by atoms with Crippen molar-refractivity contribution in [3.8, 4) is 0 Å². The number of hydrogen-bond donors (Lipinski definition) is 3. The zero-order valence-electron chi connectivity index (χ0n) is 24.8. The largest absolute Gasteiger partial charge is 0.378 e. The first-order valence-electron chi connectivity index (χ1n) is 15.0. The lowest BCUT2D eigenvalue weighted by Gasteiger charge is -2.51.